The summed E-state index contributed by atoms with van der Waals surface area (Å²) in [5.74, 6) is 2.40. The highest BCUT2D eigenvalue weighted by Gasteiger charge is 2.34. The quantitative estimate of drug-likeness (QED) is 0.527. The second kappa shape index (κ2) is 4.85. The van der Waals surface area contributed by atoms with Gasteiger partial charge < -0.3 is 5.32 Å². The SMILES string of the molecule is NS(=O)(=O)CCCNCC1CC2C=CC1C2. The summed E-state index contributed by atoms with van der Waals surface area (Å²) in [7, 11) is -3.28. The molecule has 3 atom stereocenters. The van der Waals surface area contributed by atoms with Crippen LogP contribution in [-0.4, -0.2) is 27.3 Å². The highest BCUT2D eigenvalue weighted by Crippen LogP contribution is 2.42. The molecule has 0 aliphatic heterocycles. The van der Waals surface area contributed by atoms with Crippen molar-refractivity contribution in [2.24, 2.45) is 22.9 Å². The molecular weight excluding hydrogens is 224 g/mol. The van der Waals surface area contributed by atoms with Gasteiger partial charge in [-0.1, -0.05) is 12.2 Å². The lowest BCUT2D eigenvalue weighted by molar-refractivity contribution is 0.415. The van der Waals surface area contributed by atoms with Crippen LogP contribution in [0.2, 0.25) is 0 Å². The molecule has 0 radical (unpaired) electrons. The zero-order chi connectivity index (χ0) is 11.6. The number of allylic oxidation sites excluding steroid dienone is 2. The normalized spacial score (nSPS) is 32.4. The van der Waals surface area contributed by atoms with E-state index in [4.69, 9.17) is 5.14 Å². The number of fused-ring (bicyclic) bond motifs is 2. The first-order valence-electron chi connectivity index (χ1n) is 5.94. The highest BCUT2D eigenvalue weighted by atomic mass is 32.2. The molecule has 2 bridgehead atoms. The smallest absolute Gasteiger partial charge is 0.209 e. The maximum atomic E-state index is 10.7. The van der Waals surface area contributed by atoms with Crippen LogP contribution in [0.3, 0.4) is 0 Å². The van der Waals surface area contributed by atoms with Crippen LogP contribution in [0.5, 0.6) is 0 Å². The first-order valence-corrected chi connectivity index (χ1v) is 7.65. The van der Waals surface area contributed by atoms with Crippen molar-refractivity contribution in [3.8, 4) is 0 Å². The monoisotopic (exact) mass is 244 g/mol. The molecule has 2 aliphatic carbocycles. The Labute approximate surface area is 97.3 Å². The summed E-state index contributed by atoms with van der Waals surface area (Å²) >= 11 is 0. The van der Waals surface area contributed by atoms with Crippen LogP contribution < -0.4 is 10.5 Å². The lowest BCUT2D eigenvalue weighted by Crippen LogP contribution is -2.28. The van der Waals surface area contributed by atoms with Crippen molar-refractivity contribution in [1.82, 2.24) is 5.32 Å². The molecule has 0 aromatic carbocycles. The van der Waals surface area contributed by atoms with E-state index >= 15 is 0 Å². The molecule has 4 nitrogen and oxygen atoms in total. The lowest BCUT2D eigenvalue weighted by atomic mass is 9.94. The topological polar surface area (TPSA) is 72.2 Å². The highest BCUT2D eigenvalue weighted by molar-refractivity contribution is 7.89. The molecule has 2 rings (SSSR count). The van der Waals surface area contributed by atoms with E-state index in [-0.39, 0.29) is 5.75 Å². The summed E-state index contributed by atoms with van der Waals surface area (Å²) < 4.78 is 21.4. The minimum atomic E-state index is -3.28. The predicted octanol–water partition coefficient (Wildman–Crippen LogP) is 0.467. The molecule has 16 heavy (non-hydrogen) atoms. The van der Waals surface area contributed by atoms with Crippen LogP contribution in [0.25, 0.3) is 0 Å². The van der Waals surface area contributed by atoms with Crippen molar-refractivity contribution in [2.75, 3.05) is 18.8 Å². The molecule has 0 heterocycles. The molecule has 0 aromatic rings. The summed E-state index contributed by atoms with van der Waals surface area (Å²) in [6.07, 6.45) is 7.90. The van der Waals surface area contributed by atoms with Crippen molar-refractivity contribution in [3.05, 3.63) is 12.2 Å². The van der Waals surface area contributed by atoms with Gasteiger partial charge in [0, 0.05) is 0 Å². The van der Waals surface area contributed by atoms with E-state index in [1.807, 2.05) is 0 Å². The summed E-state index contributed by atoms with van der Waals surface area (Å²) in [4.78, 5) is 0. The Morgan fingerprint density at radius 1 is 1.31 bits per heavy atom. The van der Waals surface area contributed by atoms with E-state index in [1.165, 1.54) is 12.8 Å². The van der Waals surface area contributed by atoms with Gasteiger partial charge in [-0.25, -0.2) is 13.6 Å². The standard InChI is InChI=1S/C11H20N2O2S/c12-16(14,15)5-1-4-13-8-11-7-9-2-3-10(11)6-9/h2-3,9-11,13H,1,4-8H2,(H2,12,14,15). The van der Waals surface area contributed by atoms with Crippen LogP contribution in [-0.2, 0) is 10.0 Å². The van der Waals surface area contributed by atoms with E-state index in [0.29, 0.717) is 6.42 Å². The first kappa shape index (κ1) is 12.1. The fourth-order valence-corrected chi connectivity index (χ4v) is 3.36. The minimum Gasteiger partial charge on any atom is -0.316 e. The molecule has 0 saturated heterocycles. The number of nitrogens with one attached hydrogen (secondary N) is 1. The Hall–Kier alpha value is -0.390. The van der Waals surface area contributed by atoms with E-state index in [9.17, 15) is 8.42 Å². The van der Waals surface area contributed by atoms with Crippen LogP contribution in [0.1, 0.15) is 19.3 Å². The average Bonchev–Trinajstić information content (AvgIpc) is 2.76. The molecule has 0 aromatic heterocycles. The molecule has 3 N–H and O–H groups in total. The van der Waals surface area contributed by atoms with E-state index in [1.54, 1.807) is 0 Å². The van der Waals surface area contributed by atoms with Gasteiger partial charge in [-0.15, -0.1) is 0 Å². The van der Waals surface area contributed by atoms with Crippen LogP contribution >= 0.6 is 0 Å². The molecule has 5 heteroatoms. The number of rotatable bonds is 6. The fourth-order valence-electron chi connectivity index (χ4n) is 2.82. The Balaban J connectivity index is 1.57. The Morgan fingerprint density at radius 3 is 2.69 bits per heavy atom. The number of hydrogen-bond donors (Lipinski definition) is 2. The third kappa shape index (κ3) is 3.30. The third-order valence-electron chi connectivity index (χ3n) is 3.61. The van der Waals surface area contributed by atoms with Crippen LogP contribution in [0.4, 0.5) is 0 Å². The molecular formula is C11H20N2O2S. The second-order valence-electron chi connectivity index (χ2n) is 4.96. The number of primary sulfonamides is 1. The Morgan fingerprint density at radius 2 is 2.12 bits per heavy atom. The second-order valence-corrected chi connectivity index (χ2v) is 6.70. The van der Waals surface area contributed by atoms with Crippen molar-refractivity contribution < 1.29 is 8.42 Å². The van der Waals surface area contributed by atoms with Crippen molar-refractivity contribution in [2.45, 2.75) is 19.3 Å². The molecule has 0 amide bonds. The number of sulfonamides is 1. The van der Waals surface area contributed by atoms with E-state index in [0.717, 1.165) is 30.8 Å². The maximum absolute atomic E-state index is 10.7. The van der Waals surface area contributed by atoms with Crippen molar-refractivity contribution in [1.29, 1.82) is 0 Å². The van der Waals surface area contributed by atoms with Gasteiger partial charge in [-0.3, -0.25) is 0 Å². The van der Waals surface area contributed by atoms with Crippen molar-refractivity contribution >= 4 is 10.0 Å². The van der Waals surface area contributed by atoms with Gasteiger partial charge in [0.1, 0.15) is 0 Å². The third-order valence-corrected chi connectivity index (χ3v) is 4.46. The van der Waals surface area contributed by atoms with Gasteiger partial charge in [0.15, 0.2) is 0 Å². The van der Waals surface area contributed by atoms with Gasteiger partial charge >= 0.3 is 0 Å². The summed E-state index contributed by atoms with van der Waals surface area (Å²) in [5.41, 5.74) is 0. The summed E-state index contributed by atoms with van der Waals surface area (Å²) in [6.45, 7) is 1.75. The van der Waals surface area contributed by atoms with Gasteiger partial charge in [0.25, 0.3) is 0 Å². The Kier molecular flexibility index (Phi) is 3.66. The first-order chi connectivity index (χ1) is 7.54. The maximum Gasteiger partial charge on any atom is 0.209 e. The van der Waals surface area contributed by atoms with Crippen LogP contribution in [0, 0.1) is 17.8 Å². The van der Waals surface area contributed by atoms with Gasteiger partial charge in [-0.2, -0.15) is 0 Å². The molecule has 1 saturated carbocycles. The van der Waals surface area contributed by atoms with Gasteiger partial charge in [0.2, 0.25) is 10.0 Å². The molecule has 2 aliphatic rings. The van der Waals surface area contributed by atoms with Crippen LogP contribution in [0.15, 0.2) is 12.2 Å². The molecule has 92 valence electrons. The van der Waals surface area contributed by atoms with Gasteiger partial charge in [0.05, 0.1) is 5.75 Å². The largest absolute Gasteiger partial charge is 0.316 e. The summed E-state index contributed by atoms with van der Waals surface area (Å²) in [5, 5.41) is 8.26. The van der Waals surface area contributed by atoms with Crippen molar-refractivity contribution in [3.63, 3.8) is 0 Å². The Bertz CT molecular complexity index is 364. The zero-order valence-corrected chi connectivity index (χ0v) is 10.2. The molecule has 3 unspecified atom stereocenters. The average molecular weight is 244 g/mol. The minimum absolute atomic E-state index is 0.0800. The summed E-state index contributed by atoms with van der Waals surface area (Å²) in [6, 6.07) is 0. The molecule has 1 fully saturated rings. The van der Waals surface area contributed by atoms with E-state index < -0.39 is 10.0 Å². The number of hydrogen-bond acceptors (Lipinski definition) is 3. The zero-order valence-electron chi connectivity index (χ0n) is 9.43. The molecule has 0 spiro atoms. The van der Waals surface area contributed by atoms with E-state index in [2.05, 4.69) is 17.5 Å². The lowest BCUT2D eigenvalue weighted by Gasteiger charge is -2.18. The predicted molar refractivity (Wildman–Crippen MR) is 64.3 cm³/mol. The fraction of sp³-hybridized carbons (Fsp3) is 0.818. The number of nitrogens with two attached hydrogens (primary N) is 1. The van der Waals surface area contributed by atoms with Gasteiger partial charge in [-0.05, 0) is 50.1 Å².